The van der Waals surface area contributed by atoms with Gasteiger partial charge in [0.25, 0.3) is 0 Å². The van der Waals surface area contributed by atoms with E-state index < -0.39 is 0 Å². The monoisotopic (exact) mass is 242 g/mol. The van der Waals surface area contributed by atoms with Crippen molar-refractivity contribution >= 4 is 15.9 Å². The molecule has 1 atom stereocenters. The Bertz CT molecular complexity index is 282. The number of hydrogen-bond acceptors (Lipinski definition) is 2. The summed E-state index contributed by atoms with van der Waals surface area (Å²) >= 11 is 3.50. The van der Waals surface area contributed by atoms with Crippen LogP contribution in [0.25, 0.3) is 0 Å². The molecule has 1 unspecified atom stereocenters. The van der Waals surface area contributed by atoms with Crippen molar-refractivity contribution in [3.05, 3.63) is 33.8 Å². The molecule has 1 aromatic carbocycles. The van der Waals surface area contributed by atoms with Gasteiger partial charge in [-0.05, 0) is 30.5 Å². The van der Waals surface area contributed by atoms with Crippen molar-refractivity contribution in [1.82, 2.24) is 5.43 Å². The van der Waals surface area contributed by atoms with Gasteiger partial charge in [0.05, 0.1) is 0 Å². The molecule has 1 rings (SSSR count). The van der Waals surface area contributed by atoms with Crippen LogP contribution in [0.15, 0.2) is 22.7 Å². The van der Waals surface area contributed by atoms with Crippen LogP contribution >= 0.6 is 15.9 Å². The molecule has 0 aliphatic rings. The molecule has 3 heteroatoms. The van der Waals surface area contributed by atoms with Crippen LogP contribution < -0.4 is 11.3 Å². The van der Waals surface area contributed by atoms with Crippen LogP contribution in [0.4, 0.5) is 0 Å². The predicted octanol–water partition coefficient (Wildman–Crippen LogP) is 2.67. The Morgan fingerprint density at radius 3 is 2.77 bits per heavy atom. The van der Waals surface area contributed by atoms with Gasteiger partial charge < -0.3 is 0 Å². The smallest absolute Gasteiger partial charge is 0.0460 e. The molecule has 1 aromatic rings. The zero-order chi connectivity index (χ0) is 9.84. The molecule has 13 heavy (non-hydrogen) atoms. The van der Waals surface area contributed by atoms with Gasteiger partial charge in [0.1, 0.15) is 0 Å². The number of benzene rings is 1. The van der Waals surface area contributed by atoms with Crippen molar-refractivity contribution in [3.8, 4) is 0 Å². The molecule has 72 valence electrons. The SMILES string of the molecule is CCC(NN)c1cccc(Br)c1C. The van der Waals surface area contributed by atoms with Crippen molar-refractivity contribution < 1.29 is 0 Å². The average molecular weight is 243 g/mol. The largest absolute Gasteiger partial charge is 0.271 e. The van der Waals surface area contributed by atoms with E-state index in [-0.39, 0.29) is 6.04 Å². The molecule has 0 saturated heterocycles. The topological polar surface area (TPSA) is 38.0 Å². The fourth-order valence-electron chi connectivity index (χ4n) is 1.43. The lowest BCUT2D eigenvalue weighted by atomic mass is 10.0. The molecule has 3 N–H and O–H groups in total. The Morgan fingerprint density at radius 1 is 1.54 bits per heavy atom. The van der Waals surface area contributed by atoms with Gasteiger partial charge in [-0.2, -0.15) is 0 Å². The van der Waals surface area contributed by atoms with Crippen molar-refractivity contribution in [2.75, 3.05) is 0 Å². The summed E-state index contributed by atoms with van der Waals surface area (Å²) in [5.41, 5.74) is 5.34. The van der Waals surface area contributed by atoms with Gasteiger partial charge >= 0.3 is 0 Å². The van der Waals surface area contributed by atoms with E-state index in [1.54, 1.807) is 0 Å². The van der Waals surface area contributed by atoms with Crippen LogP contribution in [-0.2, 0) is 0 Å². The van der Waals surface area contributed by atoms with Gasteiger partial charge in [-0.1, -0.05) is 35.0 Å². The van der Waals surface area contributed by atoms with Crippen LogP contribution in [0.3, 0.4) is 0 Å². The second-order valence-electron chi connectivity index (χ2n) is 3.08. The Hall–Kier alpha value is -0.380. The van der Waals surface area contributed by atoms with Gasteiger partial charge in [-0.15, -0.1) is 0 Å². The maximum absolute atomic E-state index is 5.47. The molecule has 0 aliphatic heterocycles. The van der Waals surface area contributed by atoms with Crippen molar-refractivity contribution in [2.24, 2.45) is 5.84 Å². The maximum Gasteiger partial charge on any atom is 0.0460 e. The second kappa shape index (κ2) is 4.74. The summed E-state index contributed by atoms with van der Waals surface area (Å²) in [7, 11) is 0. The second-order valence-corrected chi connectivity index (χ2v) is 3.94. The Balaban J connectivity index is 3.05. The summed E-state index contributed by atoms with van der Waals surface area (Å²) in [5, 5.41) is 0. The van der Waals surface area contributed by atoms with Crippen LogP contribution in [0, 0.1) is 6.92 Å². The van der Waals surface area contributed by atoms with Crippen LogP contribution in [0.2, 0.25) is 0 Å². The highest BCUT2D eigenvalue weighted by atomic mass is 79.9. The highest BCUT2D eigenvalue weighted by Gasteiger charge is 2.10. The number of hydrazine groups is 1. The van der Waals surface area contributed by atoms with Crippen LogP contribution in [0.5, 0.6) is 0 Å². The zero-order valence-electron chi connectivity index (χ0n) is 7.97. The summed E-state index contributed by atoms with van der Waals surface area (Å²) in [6.45, 7) is 4.21. The first-order valence-electron chi connectivity index (χ1n) is 4.41. The zero-order valence-corrected chi connectivity index (χ0v) is 9.56. The van der Waals surface area contributed by atoms with Crippen molar-refractivity contribution in [3.63, 3.8) is 0 Å². The van der Waals surface area contributed by atoms with Gasteiger partial charge in [0, 0.05) is 10.5 Å². The summed E-state index contributed by atoms with van der Waals surface area (Å²) in [5.74, 6) is 5.47. The Kier molecular flexibility index (Phi) is 3.90. The van der Waals surface area contributed by atoms with Crippen LogP contribution in [-0.4, -0.2) is 0 Å². The number of nitrogens with one attached hydrogen (secondary N) is 1. The molecule has 0 aromatic heterocycles. The quantitative estimate of drug-likeness (QED) is 0.632. The van der Waals surface area contributed by atoms with E-state index in [2.05, 4.69) is 41.3 Å². The van der Waals surface area contributed by atoms with E-state index in [0.29, 0.717) is 0 Å². The lowest BCUT2D eigenvalue weighted by Gasteiger charge is -2.17. The Labute approximate surface area is 87.6 Å². The lowest BCUT2D eigenvalue weighted by molar-refractivity contribution is 0.536. The van der Waals surface area contributed by atoms with E-state index in [1.165, 1.54) is 11.1 Å². The maximum atomic E-state index is 5.47. The first-order valence-corrected chi connectivity index (χ1v) is 5.21. The highest BCUT2D eigenvalue weighted by Crippen LogP contribution is 2.25. The van der Waals surface area contributed by atoms with E-state index >= 15 is 0 Å². The molecular weight excluding hydrogens is 228 g/mol. The third-order valence-corrected chi connectivity index (χ3v) is 3.15. The molecular formula is C10H15BrN2. The van der Waals surface area contributed by atoms with E-state index in [1.807, 2.05) is 12.1 Å². The van der Waals surface area contributed by atoms with Crippen molar-refractivity contribution in [2.45, 2.75) is 26.3 Å². The summed E-state index contributed by atoms with van der Waals surface area (Å²) in [6.07, 6.45) is 0.994. The van der Waals surface area contributed by atoms with E-state index in [9.17, 15) is 0 Å². The first-order chi connectivity index (χ1) is 6.20. The van der Waals surface area contributed by atoms with Gasteiger partial charge in [0.15, 0.2) is 0 Å². The number of nitrogens with two attached hydrogens (primary N) is 1. The third-order valence-electron chi connectivity index (χ3n) is 2.29. The minimum absolute atomic E-state index is 0.248. The molecule has 0 fully saturated rings. The number of halogens is 1. The summed E-state index contributed by atoms with van der Waals surface area (Å²) in [4.78, 5) is 0. The fraction of sp³-hybridized carbons (Fsp3) is 0.400. The molecule has 2 nitrogen and oxygen atoms in total. The molecule has 0 spiro atoms. The van der Waals surface area contributed by atoms with Crippen LogP contribution in [0.1, 0.15) is 30.5 Å². The third kappa shape index (κ3) is 2.30. The van der Waals surface area contributed by atoms with Gasteiger partial charge in [-0.25, -0.2) is 0 Å². The molecule has 0 aliphatic carbocycles. The lowest BCUT2D eigenvalue weighted by Crippen LogP contribution is -2.27. The van der Waals surface area contributed by atoms with Crippen molar-refractivity contribution in [1.29, 1.82) is 0 Å². The molecule has 0 radical (unpaired) electrons. The molecule has 0 amide bonds. The van der Waals surface area contributed by atoms with Gasteiger partial charge in [0.2, 0.25) is 0 Å². The first kappa shape index (κ1) is 10.7. The Morgan fingerprint density at radius 2 is 2.23 bits per heavy atom. The van der Waals surface area contributed by atoms with E-state index in [0.717, 1.165) is 10.9 Å². The van der Waals surface area contributed by atoms with Gasteiger partial charge in [-0.3, -0.25) is 11.3 Å². The normalized spacial score (nSPS) is 12.9. The number of rotatable bonds is 3. The molecule has 0 bridgehead atoms. The minimum Gasteiger partial charge on any atom is -0.271 e. The highest BCUT2D eigenvalue weighted by molar-refractivity contribution is 9.10. The average Bonchev–Trinajstić information content (AvgIpc) is 2.14. The standard InChI is InChI=1S/C10H15BrN2/c1-3-10(13-12)8-5-4-6-9(11)7(8)2/h4-6,10,13H,3,12H2,1-2H3. The predicted molar refractivity (Wildman–Crippen MR) is 59.2 cm³/mol. The minimum atomic E-state index is 0.248. The molecule has 0 heterocycles. The fourth-order valence-corrected chi connectivity index (χ4v) is 1.81. The number of hydrogen-bond donors (Lipinski definition) is 2. The summed E-state index contributed by atoms with van der Waals surface area (Å²) < 4.78 is 1.14. The molecule has 0 saturated carbocycles. The van der Waals surface area contributed by atoms with E-state index in [4.69, 9.17) is 5.84 Å². The summed E-state index contributed by atoms with van der Waals surface area (Å²) in [6, 6.07) is 6.43.